The summed E-state index contributed by atoms with van der Waals surface area (Å²) < 4.78 is 10.7. The van der Waals surface area contributed by atoms with Gasteiger partial charge in [0, 0.05) is 67.1 Å². The second-order valence-corrected chi connectivity index (χ2v) is 9.30. The largest absolute Gasteiger partial charge is 0.495 e. The summed E-state index contributed by atoms with van der Waals surface area (Å²) in [5, 5.41) is 4.13. The molecule has 0 bridgehead atoms. The molecule has 7 nitrogen and oxygen atoms in total. The highest BCUT2D eigenvalue weighted by atomic mass is 35.5. The maximum Gasteiger partial charge on any atom is 0.227 e. The van der Waals surface area contributed by atoms with Gasteiger partial charge in [-0.2, -0.15) is 0 Å². The van der Waals surface area contributed by atoms with Gasteiger partial charge < -0.3 is 24.6 Å². The van der Waals surface area contributed by atoms with Crippen molar-refractivity contribution in [1.82, 2.24) is 14.9 Å². The number of methoxy groups -OCH3 is 2. The Kier molecular flexibility index (Phi) is 8.56. The predicted octanol–water partition coefficient (Wildman–Crippen LogP) is 6.16. The lowest BCUT2D eigenvalue weighted by molar-refractivity contribution is 0.271. The van der Waals surface area contributed by atoms with Gasteiger partial charge in [-0.15, -0.1) is 0 Å². The fourth-order valence-corrected chi connectivity index (χ4v) is 4.77. The van der Waals surface area contributed by atoms with Crippen LogP contribution in [-0.2, 0) is 0 Å². The average Bonchev–Trinajstić information content (AvgIpc) is 2.91. The van der Waals surface area contributed by atoms with Crippen LogP contribution in [0.3, 0.4) is 0 Å². The number of nitrogens with zero attached hydrogens (tertiary/aromatic N) is 4. The van der Waals surface area contributed by atoms with Gasteiger partial charge in [0.15, 0.2) is 0 Å². The Labute approximate surface area is 222 Å². The first-order valence-electron chi connectivity index (χ1n) is 11.9. The molecule has 1 aliphatic heterocycles. The quantitative estimate of drug-likeness (QED) is 0.376. The van der Waals surface area contributed by atoms with Crippen molar-refractivity contribution in [3.8, 4) is 11.5 Å². The van der Waals surface area contributed by atoms with Gasteiger partial charge in [0.05, 0.1) is 24.3 Å². The zero-order chi connectivity index (χ0) is 25.7. The zero-order valence-corrected chi connectivity index (χ0v) is 22.5. The number of rotatable bonds is 8. The van der Waals surface area contributed by atoms with E-state index in [0.29, 0.717) is 33.1 Å². The molecule has 2 aromatic carbocycles. The molecule has 1 aromatic heterocycles. The minimum Gasteiger partial charge on any atom is -0.495 e. The van der Waals surface area contributed by atoms with Crippen LogP contribution in [0.5, 0.6) is 11.5 Å². The van der Waals surface area contributed by atoms with Crippen molar-refractivity contribution >= 4 is 52.7 Å². The van der Waals surface area contributed by atoms with Gasteiger partial charge in [0.2, 0.25) is 5.95 Å². The first-order valence-corrected chi connectivity index (χ1v) is 12.6. The molecule has 4 rings (SSSR count). The predicted molar refractivity (Wildman–Crippen MR) is 149 cm³/mol. The highest BCUT2D eigenvalue weighted by Crippen LogP contribution is 2.41. The zero-order valence-electron chi connectivity index (χ0n) is 21.0. The van der Waals surface area contributed by atoms with Crippen molar-refractivity contribution in [3.05, 3.63) is 63.4 Å². The average molecular weight is 528 g/mol. The van der Waals surface area contributed by atoms with E-state index in [0.717, 1.165) is 49.5 Å². The Morgan fingerprint density at radius 1 is 0.944 bits per heavy atom. The standard InChI is InChI=1S/C27H31Cl2N5O2/c1-5-33-10-12-34(13-11-33)20-7-9-22(18(2)14-20)32-27-30-16-19(17-31-27)6-8-21-25(28)23(35-3)15-24(36-4)26(21)29/h6-9,14-17H,5,10-13H2,1-4H3,(H,30,31,32)/b8-6+. The van der Waals surface area contributed by atoms with E-state index in [4.69, 9.17) is 32.7 Å². The van der Waals surface area contributed by atoms with Gasteiger partial charge in [-0.1, -0.05) is 42.3 Å². The molecule has 0 aliphatic carbocycles. The van der Waals surface area contributed by atoms with E-state index in [1.165, 1.54) is 5.69 Å². The second kappa shape index (κ2) is 11.8. The first kappa shape index (κ1) is 26.1. The van der Waals surface area contributed by atoms with Gasteiger partial charge in [-0.05, 0) is 37.2 Å². The second-order valence-electron chi connectivity index (χ2n) is 8.54. The number of benzene rings is 2. The van der Waals surface area contributed by atoms with Crippen molar-refractivity contribution in [3.63, 3.8) is 0 Å². The third-order valence-electron chi connectivity index (χ3n) is 6.36. The van der Waals surface area contributed by atoms with E-state index in [-0.39, 0.29) is 0 Å². The summed E-state index contributed by atoms with van der Waals surface area (Å²) in [6.45, 7) is 9.74. The molecule has 2 heterocycles. The molecule has 9 heteroatoms. The number of ether oxygens (including phenoxy) is 2. The van der Waals surface area contributed by atoms with Gasteiger partial charge in [0.25, 0.3) is 0 Å². The van der Waals surface area contributed by atoms with Crippen LogP contribution < -0.4 is 19.7 Å². The molecular weight excluding hydrogens is 497 g/mol. The number of piperazine rings is 1. The maximum absolute atomic E-state index is 6.45. The minimum absolute atomic E-state index is 0.407. The van der Waals surface area contributed by atoms with Gasteiger partial charge in [-0.3, -0.25) is 0 Å². The van der Waals surface area contributed by atoms with Gasteiger partial charge in [-0.25, -0.2) is 9.97 Å². The molecule has 0 atom stereocenters. The van der Waals surface area contributed by atoms with E-state index in [1.54, 1.807) is 38.8 Å². The van der Waals surface area contributed by atoms with Crippen LogP contribution in [0.2, 0.25) is 10.0 Å². The molecule has 0 unspecified atom stereocenters. The number of hydrogen-bond donors (Lipinski definition) is 1. The Hall–Kier alpha value is -3.00. The molecular formula is C27H31Cl2N5O2. The number of nitrogens with one attached hydrogen (secondary N) is 1. The van der Waals surface area contributed by atoms with E-state index < -0.39 is 0 Å². The van der Waals surface area contributed by atoms with Crippen molar-refractivity contribution in [2.75, 3.05) is 57.2 Å². The Morgan fingerprint density at radius 2 is 1.58 bits per heavy atom. The fraction of sp³-hybridized carbons (Fsp3) is 0.333. The van der Waals surface area contributed by atoms with Crippen LogP contribution in [0.15, 0.2) is 36.7 Å². The van der Waals surface area contributed by atoms with Gasteiger partial charge in [0.1, 0.15) is 11.5 Å². The summed E-state index contributed by atoms with van der Waals surface area (Å²) in [6, 6.07) is 8.13. The monoisotopic (exact) mass is 527 g/mol. The molecule has 190 valence electrons. The molecule has 1 fully saturated rings. The van der Waals surface area contributed by atoms with Crippen molar-refractivity contribution in [2.45, 2.75) is 13.8 Å². The summed E-state index contributed by atoms with van der Waals surface area (Å²) in [4.78, 5) is 13.8. The summed E-state index contributed by atoms with van der Waals surface area (Å²) in [5.41, 5.74) is 4.78. The molecule has 1 N–H and O–H groups in total. The Bertz CT molecular complexity index is 1200. The normalized spacial score (nSPS) is 14.3. The van der Waals surface area contributed by atoms with E-state index in [1.807, 2.05) is 6.08 Å². The summed E-state index contributed by atoms with van der Waals surface area (Å²) >= 11 is 12.9. The number of anilines is 3. The Morgan fingerprint density at radius 3 is 2.14 bits per heavy atom. The van der Waals surface area contributed by atoms with Gasteiger partial charge >= 0.3 is 0 Å². The summed E-state index contributed by atoms with van der Waals surface area (Å²) in [7, 11) is 3.09. The third-order valence-corrected chi connectivity index (χ3v) is 7.14. The van der Waals surface area contributed by atoms with Crippen LogP contribution in [0, 0.1) is 6.92 Å². The minimum atomic E-state index is 0.407. The molecule has 0 amide bonds. The highest BCUT2D eigenvalue weighted by Gasteiger charge is 2.17. The lowest BCUT2D eigenvalue weighted by atomic mass is 10.1. The van der Waals surface area contributed by atoms with E-state index in [2.05, 4.69) is 57.1 Å². The van der Waals surface area contributed by atoms with Crippen molar-refractivity contribution in [2.24, 2.45) is 0 Å². The highest BCUT2D eigenvalue weighted by molar-refractivity contribution is 6.39. The number of hydrogen-bond acceptors (Lipinski definition) is 7. The number of aryl methyl sites for hydroxylation is 1. The number of aromatic nitrogens is 2. The number of halogens is 2. The SMILES string of the molecule is CCN1CCN(c2ccc(Nc3ncc(/C=C/c4c(Cl)c(OC)cc(OC)c4Cl)cn3)c(C)c2)CC1. The third kappa shape index (κ3) is 5.86. The molecule has 0 spiro atoms. The first-order chi connectivity index (χ1) is 17.4. The van der Waals surface area contributed by atoms with E-state index in [9.17, 15) is 0 Å². The number of likely N-dealkylation sites (N-methyl/N-ethyl adjacent to an activating group) is 1. The van der Waals surface area contributed by atoms with Crippen LogP contribution >= 0.6 is 23.2 Å². The smallest absolute Gasteiger partial charge is 0.227 e. The maximum atomic E-state index is 6.45. The molecule has 3 aromatic rings. The fourth-order valence-electron chi connectivity index (χ4n) is 4.15. The van der Waals surface area contributed by atoms with Crippen LogP contribution in [0.1, 0.15) is 23.6 Å². The Balaban J connectivity index is 1.44. The van der Waals surface area contributed by atoms with Crippen molar-refractivity contribution < 1.29 is 9.47 Å². The molecule has 0 saturated carbocycles. The lowest BCUT2D eigenvalue weighted by Gasteiger charge is -2.35. The molecule has 0 radical (unpaired) electrons. The topological polar surface area (TPSA) is 62.8 Å². The van der Waals surface area contributed by atoms with Crippen LogP contribution in [0.25, 0.3) is 12.2 Å². The van der Waals surface area contributed by atoms with Crippen LogP contribution in [0.4, 0.5) is 17.3 Å². The van der Waals surface area contributed by atoms with Crippen LogP contribution in [-0.4, -0.2) is 61.8 Å². The summed E-state index contributed by atoms with van der Waals surface area (Å²) in [5.74, 6) is 1.50. The molecule has 36 heavy (non-hydrogen) atoms. The molecule has 1 aliphatic rings. The lowest BCUT2D eigenvalue weighted by Crippen LogP contribution is -2.46. The van der Waals surface area contributed by atoms with Crippen molar-refractivity contribution in [1.29, 1.82) is 0 Å². The summed E-state index contributed by atoms with van der Waals surface area (Å²) in [6.07, 6.45) is 7.11. The molecule has 1 saturated heterocycles. The van der Waals surface area contributed by atoms with E-state index >= 15 is 0 Å².